The summed E-state index contributed by atoms with van der Waals surface area (Å²) < 4.78 is 5.44. The van der Waals surface area contributed by atoms with Crippen LogP contribution in [0.2, 0.25) is 0 Å². The highest BCUT2D eigenvalue weighted by atomic mass is 16.5. The number of carboxylic acids is 1. The molecule has 2 aromatic heterocycles. The molecule has 0 radical (unpaired) electrons. The molecule has 6 nitrogen and oxygen atoms in total. The van der Waals surface area contributed by atoms with Crippen molar-refractivity contribution in [2.75, 3.05) is 0 Å². The highest BCUT2D eigenvalue weighted by Crippen LogP contribution is 2.32. The first kappa shape index (κ1) is 14.9. The van der Waals surface area contributed by atoms with Crippen molar-refractivity contribution in [3.63, 3.8) is 0 Å². The van der Waals surface area contributed by atoms with Crippen LogP contribution in [0.3, 0.4) is 0 Å². The Morgan fingerprint density at radius 1 is 0.960 bits per heavy atom. The van der Waals surface area contributed by atoms with Crippen molar-refractivity contribution in [3.8, 4) is 28.2 Å². The van der Waals surface area contributed by atoms with Crippen LogP contribution in [0.15, 0.2) is 65.4 Å². The normalized spacial score (nSPS) is 10.9. The van der Waals surface area contributed by atoms with E-state index in [0.717, 1.165) is 16.7 Å². The van der Waals surface area contributed by atoms with Crippen LogP contribution in [0.4, 0.5) is 0 Å². The van der Waals surface area contributed by atoms with Gasteiger partial charge in [0.15, 0.2) is 5.76 Å². The highest BCUT2D eigenvalue weighted by molar-refractivity contribution is 5.98. The quantitative estimate of drug-likeness (QED) is 0.589. The highest BCUT2D eigenvalue weighted by Gasteiger charge is 2.14. The number of aromatic hydroxyl groups is 1. The molecule has 0 aliphatic rings. The molecule has 0 amide bonds. The van der Waals surface area contributed by atoms with Gasteiger partial charge in [0.2, 0.25) is 0 Å². The monoisotopic (exact) mass is 332 g/mol. The van der Waals surface area contributed by atoms with E-state index in [9.17, 15) is 15.0 Å². The molecule has 0 bridgehead atoms. The van der Waals surface area contributed by atoms with Crippen LogP contribution in [0, 0.1) is 0 Å². The lowest BCUT2D eigenvalue weighted by atomic mass is 10.0. The Hall–Kier alpha value is -3.67. The zero-order valence-electron chi connectivity index (χ0n) is 12.9. The first-order chi connectivity index (χ1) is 12.1. The van der Waals surface area contributed by atoms with E-state index in [1.165, 1.54) is 12.3 Å². The van der Waals surface area contributed by atoms with Crippen molar-refractivity contribution in [2.45, 2.75) is 0 Å². The molecule has 25 heavy (non-hydrogen) atoms. The predicted molar refractivity (Wildman–Crippen MR) is 91.3 cm³/mol. The van der Waals surface area contributed by atoms with Crippen molar-refractivity contribution in [1.29, 1.82) is 0 Å². The van der Waals surface area contributed by atoms with Gasteiger partial charge in [-0.25, -0.2) is 4.79 Å². The van der Waals surface area contributed by atoms with E-state index in [2.05, 4.69) is 10.1 Å². The topological polar surface area (TPSA) is 96.5 Å². The molecule has 0 atom stereocenters. The number of hydrogen-bond donors (Lipinski definition) is 2. The summed E-state index contributed by atoms with van der Waals surface area (Å²) in [7, 11) is 0. The summed E-state index contributed by atoms with van der Waals surface area (Å²) in [6, 6.07) is 13.8. The first-order valence-electron chi connectivity index (χ1n) is 7.49. The average molecular weight is 332 g/mol. The Morgan fingerprint density at radius 2 is 1.80 bits per heavy atom. The summed E-state index contributed by atoms with van der Waals surface area (Å²) in [6.45, 7) is 0. The fourth-order valence-corrected chi connectivity index (χ4v) is 2.71. The number of aromatic carboxylic acids is 1. The van der Waals surface area contributed by atoms with Gasteiger partial charge >= 0.3 is 5.97 Å². The van der Waals surface area contributed by atoms with Gasteiger partial charge in [-0.2, -0.15) is 0 Å². The summed E-state index contributed by atoms with van der Waals surface area (Å²) in [6.07, 6.45) is 3.02. The third-order valence-corrected chi connectivity index (χ3v) is 3.91. The van der Waals surface area contributed by atoms with Crippen LogP contribution in [-0.2, 0) is 0 Å². The van der Waals surface area contributed by atoms with Gasteiger partial charge in [-0.15, -0.1) is 0 Å². The molecule has 0 saturated carbocycles. The van der Waals surface area contributed by atoms with Crippen LogP contribution in [-0.4, -0.2) is 26.3 Å². The van der Waals surface area contributed by atoms with E-state index in [-0.39, 0.29) is 11.3 Å². The number of hydrogen-bond acceptors (Lipinski definition) is 5. The fourth-order valence-electron chi connectivity index (χ4n) is 2.71. The molecule has 0 spiro atoms. The van der Waals surface area contributed by atoms with Crippen LogP contribution < -0.4 is 0 Å². The summed E-state index contributed by atoms with van der Waals surface area (Å²) in [5.74, 6) is -0.430. The zero-order chi connectivity index (χ0) is 17.4. The van der Waals surface area contributed by atoms with E-state index in [4.69, 9.17) is 4.52 Å². The number of nitrogens with zero attached hydrogens (tertiary/aromatic N) is 2. The SMILES string of the molecule is O=C(O)c1ccc2noc(-c3cccc(-c4cncc(O)c4)c3)c2c1. The fraction of sp³-hybridized carbons (Fsp3) is 0. The van der Waals surface area contributed by atoms with Gasteiger partial charge in [0.25, 0.3) is 0 Å². The van der Waals surface area contributed by atoms with Crippen LogP contribution in [0.5, 0.6) is 5.75 Å². The number of carboxylic acid groups (broad SMARTS) is 1. The molecular formula is C19H12N2O4. The minimum absolute atomic E-state index is 0.0825. The maximum Gasteiger partial charge on any atom is 0.335 e. The van der Waals surface area contributed by atoms with Gasteiger partial charge in [-0.1, -0.05) is 23.4 Å². The Labute approximate surface area is 142 Å². The number of pyridine rings is 1. The molecule has 2 heterocycles. The molecule has 2 aromatic carbocycles. The smallest absolute Gasteiger partial charge is 0.335 e. The second kappa shape index (κ2) is 5.76. The predicted octanol–water partition coefficient (Wildman–Crippen LogP) is 3.96. The lowest BCUT2D eigenvalue weighted by molar-refractivity contribution is 0.0697. The summed E-state index contributed by atoms with van der Waals surface area (Å²) >= 11 is 0. The molecule has 0 saturated heterocycles. The first-order valence-corrected chi connectivity index (χ1v) is 7.49. The van der Waals surface area contributed by atoms with Crippen molar-refractivity contribution in [3.05, 3.63) is 66.5 Å². The van der Waals surface area contributed by atoms with Gasteiger partial charge in [0, 0.05) is 17.3 Å². The minimum atomic E-state index is -1.01. The Balaban J connectivity index is 1.85. The molecule has 0 fully saturated rings. The van der Waals surface area contributed by atoms with Crippen molar-refractivity contribution >= 4 is 16.9 Å². The minimum Gasteiger partial charge on any atom is -0.506 e. The third-order valence-electron chi connectivity index (χ3n) is 3.91. The molecule has 122 valence electrons. The average Bonchev–Trinajstić information content (AvgIpc) is 3.05. The van der Waals surface area contributed by atoms with Crippen LogP contribution in [0.25, 0.3) is 33.4 Å². The molecule has 2 N–H and O–H groups in total. The van der Waals surface area contributed by atoms with E-state index in [0.29, 0.717) is 16.7 Å². The van der Waals surface area contributed by atoms with Gasteiger partial charge in [-0.05, 0) is 35.9 Å². The largest absolute Gasteiger partial charge is 0.506 e. The second-order valence-corrected chi connectivity index (χ2v) is 5.56. The van der Waals surface area contributed by atoms with Crippen molar-refractivity contribution < 1.29 is 19.5 Å². The van der Waals surface area contributed by atoms with E-state index in [1.54, 1.807) is 24.4 Å². The number of benzene rings is 2. The maximum atomic E-state index is 11.2. The summed E-state index contributed by atoms with van der Waals surface area (Å²) in [5.41, 5.74) is 3.12. The number of rotatable bonds is 3. The Kier molecular flexibility index (Phi) is 3.43. The van der Waals surface area contributed by atoms with Crippen molar-refractivity contribution in [2.24, 2.45) is 0 Å². The third kappa shape index (κ3) is 2.70. The lowest BCUT2D eigenvalue weighted by Gasteiger charge is -2.04. The summed E-state index contributed by atoms with van der Waals surface area (Å²) in [5, 5.41) is 23.4. The van der Waals surface area contributed by atoms with E-state index in [1.807, 2.05) is 24.3 Å². The molecule has 0 unspecified atom stereocenters. The van der Waals surface area contributed by atoms with Crippen LogP contribution >= 0.6 is 0 Å². The Morgan fingerprint density at radius 3 is 2.60 bits per heavy atom. The summed E-state index contributed by atoms with van der Waals surface area (Å²) in [4.78, 5) is 15.2. The van der Waals surface area contributed by atoms with Gasteiger partial charge in [0.1, 0.15) is 11.3 Å². The molecular weight excluding hydrogens is 320 g/mol. The molecule has 4 aromatic rings. The number of aromatic nitrogens is 2. The second-order valence-electron chi connectivity index (χ2n) is 5.56. The van der Waals surface area contributed by atoms with E-state index >= 15 is 0 Å². The molecule has 0 aliphatic heterocycles. The molecule has 0 aliphatic carbocycles. The zero-order valence-corrected chi connectivity index (χ0v) is 12.9. The number of carbonyl (C=O) groups is 1. The van der Waals surface area contributed by atoms with Crippen molar-refractivity contribution in [1.82, 2.24) is 10.1 Å². The maximum absolute atomic E-state index is 11.2. The lowest BCUT2D eigenvalue weighted by Crippen LogP contribution is -1.94. The van der Waals surface area contributed by atoms with Gasteiger partial charge in [-0.3, -0.25) is 4.98 Å². The van der Waals surface area contributed by atoms with Gasteiger partial charge < -0.3 is 14.7 Å². The molecule has 4 rings (SSSR count). The van der Waals surface area contributed by atoms with Crippen LogP contribution in [0.1, 0.15) is 10.4 Å². The van der Waals surface area contributed by atoms with Gasteiger partial charge in [0.05, 0.1) is 17.1 Å². The van der Waals surface area contributed by atoms with E-state index < -0.39 is 5.97 Å². The molecule has 6 heteroatoms. The standard InChI is InChI=1S/C19H12N2O4/c22-15-7-14(9-20-10-15)11-2-1-3-12(6-11)18-16-8-13(19(23)24)4-5-17(16)21-25-18/h1-10,22H,(H,23,24). The number of fused-ring (bicyclic) bond motifs is 1. The Bertz CT molecular complexity index is 1100.